The van der Waals surface area contributed by atoms with Crippen molar-refractivity contribution in [3.8, 4) is 0 Å². The topological polar surface area (TPSA) is 45.4 Å². The van der Waals surface area contributed by atoms with Crippen molar-refractivity contribution < 1.29 is 4.42 Å². The summed E-state index contributed by atoms with van der Waals surface area (Å²) in [6.45, 7) is 8.16. The van der Waals surface area contributed by atoms with Gasteiger partial charge in [-0.05, 0) is 7.05 Å². The van der Waals surface area contributed by atoms with Gasteiger partial charge in [-0.25, -0.2) is 0 Å². The molecule has 0 saturated carbocycles. The minimum absolute atomic E-state index is 0.304. The van der Waals surface area contributed by atoms with Crippen molar-refractivity contribution in [2.75, 3.05) is 38.1 Å². The Kier molecular flexibility index (Phi) is 2.90. The number of hydrogen-bond acceptors (Lipinski definition) is 5. The molecular formula is C10H18N4O. The second kappa shape index (κ2) is 4.18. The number of aromatic nitrogens is 2. The van der Waals surface area contributed by atoms with E-state index >= 15 is 0 Å². The van der Waals surface area contributed by atoms with Crippen LogP contribution in [0, 0.1) is 0 Å². The second-order valence-electron chi connectivity index (χ2n) is 4.37. The van der Waals surface area contributed by atoms with Crippen LogP contribution in [0.4, 0.5) is 6.01 Å². The first kappa shape index (κ1) is 10.4. The van der Waals surface area contributed by atoms with Crippen molar-refractivity contribution in [1.29, 1.82) is 0 Å². The molecule has 1 aromatic heterocycles. The molecule has 0 bridgehead atoms. The molecule has 1 aliphatic heterocycles. The molecular weight excluding hydrogens is 192 g/mol. The Balaban J connectivity index is 2.03. The molecule has 5 heteroatoms. The van der Waals surface area contributed by atoms with Crippen LogP contribution in [0.5, 0.6) is 0 Å². The molecule has 0 aliphatic carbocycles. The van der Waals surface area contributed by atoms with Gasteiger partial charge in [-0.3, -0.25) is 0 Å². The van der Waals surface area contributed by atoms with Crippen molar-refractivity contribution in [3.05, 3.63) is 5.89 Å². The standard InChI is InChI=1S/C10H18N4O/c1-8(2)9-11-12-10(15-9)14-6-4-13(3)5-7-14/h8H,4-7H2,1-3H3. The smallest absolute Gasteiger partial charge is 0.318 e. The van der Waals surface area contributed by atoms with Crippen LogP contribution in [0.3, 0.4) is 0 Å². The van der Waals surface area contributed by atoms with Gasteiger partial charge in [-0.1, -0.05) is 18.9 Å². The quantitative estimate of drug-likeness (QED) is 0.727. The van der Waals surface area contributed by atoms with Crippen LogP contribution in [0.1, 0.15) is 25.7 Å². The average Bonchev–Trinajstić information content (AvgIpc) is 2.68. The molecule has 0 atom stereocenters. The van der Waals surface area contributed by atoms with E-state index in [0.717, 1.165) is 32.1 Å². The Labute approximate surface area is 90.1 Å². The first-order chi connectivity index (χ1) is 7.16. The van der Waals surface area contributed by atoms with Crippen molar-refractivity contribution >= 4 is 6.01 Å². The zero-order chi connectivity index (χ0) is 10.8. The third kappa shape index (κ3) is 2.28. The number of rotatable bonds is 2. The number of hydrogen-bond donors (Lipinski definition) is 0. The summed E-state index contributed by atoms with van der Waals surface area (Å²) in [7, 11) is 2.13. The summed E-state index contributed by atoms with van der Waals surface area (Å²) < 4.78 is 5.60. The SMILES string of the molecule is CC(C)c1nnc(N2CCN(C)CC2)o1. The number of nitrogens with zero attached hydrogens (tertiary/aromatic N) is 4. The highest BCUT2D eigenvalue weighted by molar-refractivity contribution is 5.25. The molecule has 1 aliphatic rings. The Morgan fingerprint density at radius 3 is 2.33 bits per heavy atom. The summed E-state index contributed by atoms with van der Waals surface area (Å²) in [5.41, 5.74) is 0. The molecule has 0 aromatic carbocycles. The van der Waals surface area contributed by atoms with E-state index in [4.69, 9.17) is 4.42 Å². The molecule has 0 N–H and O–H groups in total. The molecule has 2 rings (SSSR count). The summed E-state index contributed by atoms with van der Waals surface area (Å²) in [5, 5.41) is 8.11. The van der Waals surface area contributed by atoms with E-state index in [9.17, 15) is 0 Å². The Hall–Kier alpha value is -1.10. The van der Waals surface area contributed by atoms with Gasteiger partial charge < -0.3 is 14.2 Å². The maximum atomic E-state index is 5.60. The molecule has 2 heterocycles. The zero-order valence-corrected chi connectivity index (χ0v) is 9.60. The molecule has 5 nitrogen and oxygen atoms in total. The lowest BCUT2D eigenvalue weighted by atomic mass is 10.2. The van der Waals surface area contributed by atoms with E-state index in [0.29, 0.717) is 11.9 Å². The number of likely N-dealkylation sites (N-methyl/N-ethyl adjacent to an activating group) is 1. The molecule has 1 fully saturated rings. The van der Waals surface area contributed by atoms with E-state index < -0.39 is 0 Å². The molecule has 1 saturated heterocycles. The Morgan fingerprint density at radius 1 is 1.13 bits per heavy atom. The molecule has 0 amide bonds. The van der Waals surface area contributed by atoms with E-state index in [1.807, 2.05) is 0 Å². The van der Waals surface area contributed by atoms with Gasteiger partial charge in [0.05, 0.1) is 0 Å². The first-order valence-corrected chi connectivity index (χ1v) is 5.43. The maximum absolute atomic E-state index is 5.60. The number of piperazine rings is 1. The molecule has 0 unspecified atom stereocenters. The third-order valence-corrected chi connectivity index (χ3v) is 2.70. The van der Waals surface area contributed by atoms with Gasteiger partial charge in [0.2, 0.25) is 5.89 Å². The van der Waals surface area contributed by atoms with Gasteiger partial charge >= 0.3 is 6.01 Å². The summed E-state index contributed by atoms with van der Waals surface area (Å²) in [4.78, 5) is 4.45. The van der Waals surface area contributed by atoms with E-state index in [2.05, 4.69) is 40.9 Å². The minimum atomic E-state index is 0.304. The minimum Gasteiger partial charge on any atom is -0.408 e. The van der Waals surface area contributed by atoms with Crippen molar-refractivity contribution in [3.63, 3.8) is 0 Å². The zero-order valence-electron chi connectivity index (χ0n) is 9.60. The fourth-order valence-electron chi connectivity index (χ4n) is 1.59. The third-order valence-electron chi connectivity index (χ3n) is 2.70. The highest BCUT2D eigenvalue weighted by atomic mass is 16.4. The normalized spacial score (nSPS) is 18.8. The second-order valence-corrected chi connectivity index (χ2v) is 4.37. The van der Waals surface area contributed by atoms with Crippen LogP contribution in [0.15, 0.2) is 4.42 Å². The summed E-state index contributed by atoms with van der Waals surface area (Å²) in [5.74, 6) is 1.03. The molecule has 0 spiro atoms. The van der Waals surface area contributed by atoms with Gasteiger partial charge in [0.15, 0.2) is 0 Å². The predicted octanol–water partition coefficient (Wildman–Crippen LogP) is 0.945. The predicted molar refractivity (Wildman–Crippen MR) is 58.1 cm³/mol. The van der Waals surface area contributed by atoms with E-state index in [-0.39, 0.29) is 0 Å². The highest BCUT2D eigenvalue weighted by Crippen LogP contribution is 2.18. The van der Waals surface area contributed by atoms with Crippen LogP contribution in [-0.4, -0.2) is 48.3 Å². The van der Waals surface area contributed by atoms with E-state index in [1.54, 1.807) is 0 Å². The van der Waals surface area contributed by atoms with Crippen LogP contribution in [-0.2, 0) is 0 Å². The Morgan fingerprint density at radius 2 is 1.80 bits per heavy atom. The largest absolute Gasteiger partial charge is 0.408 e. The number of anilines is 1. The highest BCUT2D eigenvalue weighted by Gasteiger charge is 2.19. The first-order valence-electron chi connectivity index (χ1n) is 5.43. The fourth-order valence-corrected chi connectivity index (χ4v) is 1.59. The van der Waals surface area contributed by atoms with Gasteiger partial charge in [0.1, 0.15) is 0 Å². The summed E-state index contributed by atoms with van der Waals surface area (Å²) in [6, 6.07) is 0.673. The Bertz CT molecular complexity index is 315. The summed E-state index contributed by atoms with van der Waals surface area (Å²) >= 11 is 0. The maximum Gasteiger partial charge on any atom is 0.318 e. The van der Waals surface area contributed by atoms with Crippen LogP contribution >= 0.6 is 0 Å². The fraction of sp³-hybridized carbons (Fsp3) is 0.800. The lowest BCUT2D eigenvalue weighted by Crippen LogP contribution is -2.44. The van der Waals surface area contributed by atoms with Crippen molar-refractivity contribution in [1.82, 2.24) is 15.1 Å². The van der Waals surface area contributed by atoms with Crippen molar-refractivity contribution in [2.24, 2.45) is 0 Å². The molecule has 0 radical (unpaired) electrons. The average molecular weight is 210 g/mol. The van der Waals surface area contributed by atoms with Gasteiger partial charge in [-0.15, -0.1) is 5.10 Å². The van der Waals surface area contributed by atoms with Gasteiger partial charge in [0.25, 0.3) is 0 Å². The van der Waals surface area contributed by atoms with Crippen LogP contribution in [0.2, 0.25) is 0 Å². The van der Waals surface area contributed by atoms with Crippen LogP contribution < -0.4 is 4.90 Å². The van der Waals surface area contributed by atoms with E-state index in [1.165, 1.54) is 0 Å². The van der Waals surface area contributed by atoms with Crippen LogP contribution in [0.25, 0.3) is 0 Å². The molecule has 1 aromatic rings. The van der Waals surface area contributed by atoms with Gasteiger partial charge in [0, 0.05) is 32.1 Å². The van der Waals surface area contributed by atoms with Gasteiger partial charge in [-0.2, -0.15) is 0 Å². The monoisotopic (exact) mass is 210 g/mol. The van der Waals surface area contributed by atoms with Crippen molar-refractivity contribution in [2.45, 2.75) is 19.8 Å². The lowest BCUT2D eigenvalue weighted by Gasteiger charge is -2.30. The lowest BCUT2D eigenvalue weighted by molar-refractivity contribution is 0.303. The summed E-state index contributed by atoms with van der Waals surface area (Å²) in [6.07, 6.45) is 0. The molecule has 84 valence electrons. The molecule has 15 heavy (non-hydrogen) atoms.